The van der Waals surface area contributed by atoms with Gasteiger partial charge in [-0.05, 0) is 54.0 Å². The van der Waals surface area contributed by atoms with Crippen LogP contribution in [0.4, 0.5) is 10.5 Å². The highest BCUT2D eigenvalue weighted by Gasteiger charge is 2.22. The molecule has 2 amide bonds. The summed E-state index contributed by atoms with van der Waals surface area (Å²) in [6, 6.07) is 15.9. The first-order chi connectivity index (χ1) is 13.1. The number of anilines is 1. The molecule has 0 radical (unpaired) electrons. The minimum absolute atomic E-state index is 0.111. The predicted octanol–water partition coefficient (Wildman–Crippen LogP) is 3.51. The number of tetrazole rings is 1. The standard InChI is InChI=1S/C20H22N6O/c1-14(2)26-19(22-23-24-26)17-9-5-6-10-18(17)21-20(27)25-12-11-15-7-3-4-8-16(15)13-25/h3-10,14H,11-13H2,1-2H3,(H,21,27). The summed E-state index contributed by atoms with van der Waals surface area (Å²) in [6.45, 7) is 5.36. The Hall–Kier alpha value is -3.22. The predicted molar refractivity (Wildman–Crippen MR) is 103 cm³/mol. The fourth-order valence-electron chi connectivity index (χ4n) is 3.37. The lowest BCUT2D eigenvalue weighted by molar-refractivity contribution is 0.206. The quantitative estimate of drug-likeness (QED) is 0.773. The van der Waals surface area contributed by atoms with E-state index in [1.807, 2.05) is 55.1 Å². The van der Waals surface area contributed by atoms with Gasteiger partial charge in [0.2, 0.25) is 0 Å². The maximum Gasteiger partial charge on any atom is 0.322 e. The van der Waals surface area contributed by atoms with Crippen molar-refractivity contribution in [3.05, 3.63) is 59.7 Å². The highest BCUT2D eigenvalue weighted by atomic mass is 16.2. The van der Waals surface area contributed by atoms with Gasteiger partial charge >= 0.3 is 6.03 Å². The Labute approximate surface area is 158 Å². The third-order valence-electron chi connectivity index (χ3n) is 4.81. The van der Waals surface area contributed by atoms with Crippen LogP contribution in [0.15, 0.2) is 48.5 Å². The van der Waals surface area contributed by atoms with Gasteiger partial charge in [0.1, 0.15) is 0 Å². The van der Waals surface area contributed by atoms with Crippen molar-refractivity contribution in [3.63, 3.8) is 0 Å². The van der Waals surface area contributed by atoms with Crippen LogP contribution in [0.1, 0.15) is 31.0 Å². The molecule has 0 aliphatic carbocycles. The van der Waals surface area contributed by atoms with Crippen molar-refractivity contribution >= 4 is 11.7 Å². The molecule has 1 aromatic heterocycles. The summed E-state index contributed by atoms with van der Waals surface area (Å²) in [7, 11) is 0. The maximum atomic E-state index is 12.9. The molecule has 1 aliphatic heterocycles. The minimum atomic E-state index is -0.111. The Morgan fingerprint density at radius 2 is 1.81 bits per heavy atom. The first-order valence-corrected chi connectivity index (χ1v) is 9.13. The first kappa shape index (κ1) is 17.2. The van der Waals surface area contributed by atoms with Gasteiger partial charge in [0.25, 0.3) is 0 Å². The molecule has 1 N–H and O–H groups in total. The van der Waals surface area contributed by atoms with Gasteiger partial charge in [-0.25, -0.2) is 9.48 Å². The lowest BCUT2D eigenvalue weighted by Gasteiger charge is -2.29. The van der Waals surface area contributed by atoms with Gasteiger partial charge in [-0.2, -0.15) is 0 Å². The topological polar surface area (TPSA) is 75.9 Å². The average molecular weight is 362 g/mol. The third kappa shape index (κ3) is 3.40. The van der Waals surface area contributed by atoms with Crippen LogP contribution >= 0.6 is 0 Å². The molecule has 0 atom stereocenters. The number of aromatic nitrogens is 4. The van der Waals surface area contributed by atoms with E-state index in [9.17, 15) is 4.79 Å². The molecule has 0 saturated heterocycles. The Morgan fingerprint density at radius 3 is 2.63 bits per heavy atom. The summed E-state index contributed by atoms with van der Waals surface area (Å²) in [4.78, 5) is 14.7. The van der Waals surface area contributed by atoms with E-state index < -0.39 is 0 Å². The number of amides is 2. The number of benzene rings is 2. The molecule has 0 spiro atoms. The zero-order valence-corrected chi connectivity index (χ0v) is 15.5. The molecule has 2 aromatic carbocycles. The van der Waals surface area contributed by atoms with Crippen molar-refractivity contribution in [2.24, 2.45) is 0 Å². The molecule has 0 unspecified atom stereocenters. The summed E-state index contributed by atoms with van der Waals surface area (Å²) >= 11 is 0. The van der Waals surface area contributed by atoms with Crippen molar-refractivity contribution in [1.29, 1.82) is 0 Å². The summed E-state index contributed by atoms with van der Waals surface area (Å²) in [5, 5.41) is 15.1. The smallest absolute Gasteiger partial charge is 0.320 e. The lowest BCUT2D eigenvalue weighted by Crippen LogP contribution is -2.38. The molecule has 27 heavy (non-hydrogen) atoms. The number of rotatable bonds is 3. The van der Waals surface area contributed by atoms with E-state index in [2.05, 4.69) is 33.0 Å². The maximum absolute atomic E-state index is 12.9. The van der Waals surface area contributed by atoms with Crippen LogP contribution in [-0.4, -0.2) is 37.7 Å². The highest BCUT2D eigenvalue weighted by molar-refractivity contribution is 5.93. The number of carbonyl (C=O) groups excluding carboxylic acids is 1. The molecular formula is C20H22N6O. The number of urea groups is 1. The molecule has 1 aliphatic rings. The molecule has 0 fully saturated rings. The SMILES string of the molecule is CC(C)n1nnnc1-c1ccccc1NC(=O)N1CCc2ccccc2C1. The second-order valence-corrected chi connectivity index (χ2v) is 6.96. The van der Waals surface area contributed by atoms with E-state index in [4.69, 9.17) is 0 Å². The zero-order valence-electron chi connectivity index (χ0n) is 15.5. The molecule has 0 saturated carbocycles. The van der Waals surface area contributed by atoms with Crippen LogP contribution < -0.4 is 5.32 Å². The molecule has 3 aromatic rings. The van der Waals surface area contributed by atoms with Crippen molar-refractivity contribution < 1.29 is 4.79 Å². The summed E-state index contributed by atoms with van der Waals surface area (Å²) in [6.07, 6.45) is 0.872. The van der Waals surface area contributed by atoms with Crippen molar-refractivity contribution in [2.45, 2.75) is 32.9 Å². The van der Waals surface area contributed by atoms with E-state index in [1.54, 1.807) is 4.68 Å². The monoisotopic (exact) mass is 362 g/mol. The number of nitrogens with zero attached hydrogens (tertiary/aromatic N) is 5. The fraction of sp³-hybridized carbons (Fsp3) is 0.300. The van der Waals surface area contributed by atoms with Gasteiger partial charge in [0, 0.05) is 18.7 Å². The van der Waals surface area contributed by atoms with Crippen LogP contribution in [-0.2, 0) is 13.0 Å². The van der Waals surface area contributed by atoms with E-state index in [0.717, 1.165) is 12.0 Å². The summed E-state index contributed by atoms with van der Waals surface area (Å²) < 4.78 is 1.75. The molecule has 138 valence electrons. The summed E-state index contributed by atoms with van der Waals surface area (Å²) in [5.74, 6) is 0.643. The Kier molecular flexibility index (Phi) is 4.58. The second kappa shape index (κ2) is 7.19. The third-order valence-corrected chi connectivity index (χ3v) is 4.81. The average Bonchev–Trinajstić information content (AvgIpc) is 3.18. The van der Waals surface area contributed by atoms with Crippen molar-refractivity contribution in [3.8, 4) is 11.4 Å². The van der Waals surface area contributed by atoms with E-state index in [0.29, 0.717) is 24.6 Å². The second-order valence-electron chi connectivity index (χ2n) is 6.96. The molecule has 2 heterocycles. The van der Waals surface area contributed by atoms with Crippen LogP contribution in [0.2, 0.25) is 0 Å². The number of para-hydroxylation sites is 1. The number of hydrogen-bond donors (Lipinski definition) is 1. The largest absolute Gasteiger partial charge is 0.322 e. The van der Waals surface area contributed by atoms with E-state index >= 15 is 0 Å². The zero-order chi connectivity index (χ0) is 18.8. The van der Waals surface area contributed by atoms with Gasteiger partial charge < -0.3 is 10.2 Å². The molecular weight excluding hydrogens is 340 g/mol. The van der Waals surface area contributed by atoms with Crippen molar-refractivity contribution in [2.75, 3.05) is 11.9 Å². The lowest BCUT2D eigenvalue weighted by atomic mass is 10.0. The highest BCUT2D eigenvalue weighted by Crippen LogP contribution is 2.28. The minimum Gasteiger partial charge on any atom is -0.320 e. The molecule has 4 rings (SSSR count). The molecule has 0 bridgehead atoms. The van der Waals surface area contributed by atoms with Gasteiger partial charge in [0.05, 0.1) is 11.7 Å². The Morgan fingerprint density at radius 1 is 1.07 bits per heavy atom. The Bertz CT molecular complexity index is 964. The Balaban J connectivity index is 1.57. The molecule has 7 nitrogen and oxygen atoms in total. The number of hydrogen-bond acceptors (Lipinski definition) is 4. The van der Waals surface area contributed by atoms with Crippen LogP contribution in [0.5, 0.6) is 0 Å². The summed E-state index contributed by atoms with van der Waals surface area (Å²) in [5.41, 5.74) is 4.04. The van der Waals surface area contributed by atoms with E-state index in [-0.39, 0.29) is 12.1 Å². The number of nitrogens with one attached hydrogen (secondary N) is 1. The van der Waals surface area contributed by atoms with E-state index in [1.165, 1.54) is 11.1 Å². The van der Waals surface area contributed by atoms with Gasteiger partial charge in [-0.15, -0.1) is 5.10 Å². The van der Waals surface area contributed by atoms with Gasteiger partial charge in [-0.3, -0.25) is 0 Å². The van der Waals surface area contributed by atoms with Crippen molar-refractivity contribution in [1.82, 2.24) is 25.1 Å². The fourth-order valence-corrected chi connectivity index (χ4v) is 3.37. The van der Waals surface area contributed by atoms with Gasteiger partial charge in [0.15, 0.2) is 5.82 Å². The van der Waals surface area contributed by atoms with Gasteiger partial charge in [-0.1, -0.05) is 36.4 Å². The number of carbonyl (C=O) groups is 1. The van der Waals surface area contributed by atoms with Crippen LogP contribution in [0.3, 0.4) is 0 Å². The first-order valence-electron chi connectivity index (χ1n) is 9.13. The molecule has 7 heteroatoms. The van der Waals surface area contributed by atoms with Crippen LogP contribution in [0, 0.1) is 0 Å². The normalized spacial score (nSPS) is 13.5. The van der Waals surface area contributed by atoms with Crippen LogP contribution in [0.25, 0.3) is 11.4 Å². The number of fused-ring (bicyclic) bond motifs is 1.